The number of carbonyl (C=O) groups is 1. The van der Waals surface area contributed by atoms with E-state index >= 15 is 0 Å². The minimum absolute atomic E-state index is 0.309. The maximum absolute atomic E-state index is 13.4. The van der Waals surface area contributed by atoms with Gasteiger partial charge < -0.3 is 5.11 Å². The summed E-state index contributed by atoms with van der Waals surface area (Å²) in [6.07, 6.45) is 1.93. The number of rotatable bonds is 6. The van der Waals surface area contributed by atoms with Crippen molar-refractivity contribution in [2.75, 3.05) is 6.54 Å². The fourth-order valence-corrected chi connectivity index (χ4v) is 4.06. The van der Waals surface area contributed by atoms with Crippen LogP contribution in [0.25, 0.3) is 0 Å². The molecule has 5 nitrogen and oxygen atoms in total. The number of hydrogen-bond donors (Lipinski definition) is 1. The van der Waals surface area contributed by atoms with Gasteiger partial charge in [0.1, 0.15) is 5.82 Å². The van der Waals surface area contributed by atoms with Gasteiger partial charge in [0.2, 0.25) is 10.0 Å². The van der Waals surface area contributed by atoms with Crippen molar-refractivity contribution in [2.24, 2.45) is 5.92 Å². The Balaban J connectivity index is 2.50. The van der Waals surface area contributed by atoms with E-state index in [4.69, 9.17) is 5.11 Å². The molecule has 1 aromatic carbocycles. The third-order valence-electron chi connectivity index (χ3n) is 3.47. The van der Waals surface area contributed by atoms with Crippen LogP contribution in [0.4, 0.5) is 4.39 Å². The second-order valence-corrected chi connectivity index (χ2v) is 7.42. The van der Waals surface area contributed by atoms with Crippen LogP contribution in [0.5, 0.6) is 0 Å². The van der Waals surface area contributed by atoms with E-state index in [1.807, 2.05) is 0 Å². The summed E-state index contributed by atoms with van der Waals surface area (Å²) in [5, 5.41) is 9.13. The first-order chi connectivity index (χ1) is 9.73. The number of nitrogens with zero attached hydrogens (tertiary/aromatic N) is 1. The molecular weight excluding hydrogens is 297 g/mol. The molecule has 0 amide bonds. The van der Waals surface area contributed by atoms with Gasteiger partial charge >= 0.3 is 5.97 Å². The molecule has 0 atom stereocenters. The normalized spacial score (nSPS) is 15.7. The zero-order chi connectivity index (χ0) is 15.8. The van der Waals surface area contributed by atoms with Crippen LogP contribution in [0.3, 0.4) is 0 Å². The van der Waals surface area contributed by atoms with E-state index < -0.39 is 32.3 Å². The summed E-state index contributed by atoms with van der Waals surface area (Å²) in [7, 11) is -4.04. The average Bonchev–Trinajstić information content (AvgIpc) is 3.18. The van der Waals surface area contributed by atoms with Crippen LogP contribution in [0.1, 0.15) is 37.0 Å². The standard InChI is InChI=1S/C14H18FNO4S/c1-9(2)16(8-10-3-4-10)21(19,20)13-7-11(15)5-6-12(13)14(17)18/h5-7,9-10H,3-4,8H2,1-2H3,(H,17,18). The molecule has 1 N–H and O–H groups in total. The first-order valence-corrected chi connectivity index (χ1v) is 8.22. The Bertz CT molecular complexity index is 653. The molecule has 0 spiro atoms. The Labute approximate surface area is 123 Å². The van der Waals surface area contributed by atoms with E-state index in [2.05, 4.69) is 0 Å². The second-order valence-electron chi connectivity index (χ2n) is 5.56. The van der Waals surface area contributed by atoms with Crippen LogP contribution < -0.4 is 0 Å². The molecule has 21 heavy (non-hydrogen) atoms. The van der Waals surface area contributed by atoms with Gasteiger partial charge in [-0.05, 0) is 50.8 Å². The van der Waals surface area contributed by atoms with Gasteiger partial charge in [-0.1, -0.05) is 0 Å². The monoisotopic (exact) mass is 315 g/mol. The van der Waals surface area contributed by atoms with Gasteiger partial charge in [0, 0.05) is 12.6 Å². The Hall–Kier alpha value is -1.47. The van der Waals surface area contributed by atoms with Gasteiger partial charge in [-0.15, -0.1) is 0 Å². The number of halogens is 1. The van der Waals surface area contributed by atoms with E-state index in [1.165, 1.54) is 4.31 Å². The fourth-order valence-electron chi connectivity index (χ4n) is 2.15. The lowest BCUT2D eigenvalue weighted by atomic mass is 10.2. The Morgan fingerprint density at radius 2 is 2.05 bits per heavy atom. The zero-order valence-electron chi connectivity index (χ0n) is 11.9. The van der Waals surface area contributed by atoms with Crippen LogP contribution in [0.2, 0.25) is 0 Å². The average molecular weight is 315 g/mol. The highest BCUT2D eigenvalue weighted by Gasteiger charge is 2.35. The molecule has 1 aliphatic rings. The molecule has 0 aromatic heterocycles. The lowest BCUT2D eigenvalue weighted by Crippen LogP contribution is -2.39. The van der Waals surface area contributed by atoms with Crippen molar-refractivity contribution in [3.05, 3.63) is 29.6 Å². The van der Waals surface area contributed by atoms with E-state index in [0.717, 1.165) is 31.0 Å². The Morgan fingerprint density at radius 1 is 1.43 bits per heavy atom. The summed E-state index contributed by atoms with van der Waals surface area (Å²) in [5.74, 6) is -1.85. The highest BCUT2D eigenvalue weighted by atomic mass is 32.2. The van der Waals surface area contributed by atoms with Crippen LogP contribution in [-0.4, -0.2) is 36.4 Å². The van der Waals surface area contributed by atoms with Crippen molar-refractivity contribution in [2.45, 2.75) is 37.6 Å². The molecule has 0 radical (unpaired) electrons. The summed E-state index contributed by atoms with van der Waals surface area (Å²) >= 11 is 0. The van der Waals surface area contributed by atoms with Crippen molar-refractivity contribution in [1.29, 1.82) is 0 Å². The van der Waals surface area contributed by atoms with E-state index in [0.29, 0.717) is 12.5 Å². The summed E-state index contributed by atoms with van der Waals surface area (Å²) in [5.41, 5.74) is -0.405. The van der Waals surface area contributed by atoms with Crippen LogP contribution in [0.15, 0.2) is 23.1 Å². The van der Waals surface area contributed by atoms with Gasteiger partial charge in [-0.2, -0.15) is 4.31 Å². The predicted molar refractivity (Wildman–Crippen MR) is 75.1 cm³/mol. The highest BCUT2D eigenvalue weighted by molar-refractivity contribution is 7.89. The topological polar surface area (TPSA) is 74.7 Å². The minimum atomic E-state index is -4.04. The zero-order valence-corrected chi connectivity index (χ0v) is 12.7. The molecule has 116 valence electrons. The molecule has 2 rings (SSSR count). The van der Waals surface area contributed by atoms with Crippen molar-refractivity contribution < 1.29 is 22.7 Å². The molecule has 0 saturated heterocycles. The summed E-state index contributed by atoms with van der Waals surface area (Å²) in [6, 6.07) is 2.39. The number of sulfonamides is 1. The number of hydrogen-bond acceptors (Lipinski definition) is 3. The molecular formula is C14H18FNO4S. The van der Waals surface area contributed by atoms with Gasteiger partial charge in [0.25, 0.3) is 0 Å². The molecule has 1 fully saturated rings. The Morgan fingerprint density at radius 3 is 2.52 bits per heavy atom. The number of aromatic carboxylic acids is 1. The smallest absolute Gasteiger partial charge is 0.337 e. The van der Waals surface area contributed by atoms with Gasteiger partial charge in [-0.3, -0.25) is 0 Å². The first-order valence-electron chi connectivity index (χ1n) is 6.78. The lowest BCUT2D eigenvalue weighted by Gasteiger charge is -2.26. The SMILES string of the molecule is CC(C)N(CC1CC1)S(=O)(=O)c1cc(F)ccc1C(=O)O. The Kier molecular flexibility index (Phi) is 4.34. The summed E-state index contributed by atoms with van der Waals surface area (Å²) in [4.78, 5) is 10.7. The fraction of sp³-hybridized carbons (Fsp3) is 0.500. The van der Waals surface area contributed by atoms with Gasteiger partial charge in [0.05, 0.1) is 10.5 Å². The van der Waals surface area contributed by atoms with Gasteiger partial charge in [0.15, 0.2) is 0 Å². The van der Waals surface area contributed by atoms with Gasteiger partial charge in [-0.25, -0.2) is 17.6 Å². The number of benzene rings is 1. The molecule has 0 unspecified atom stereocenters. The van der Waals surface area contributed by atoms with Crippen molar-refractivity contribution in [3.63, 3.8) is 0 Å². The van der Waals surface area contributed by atoms with E-state index in [-0.39, 0.29) is 6.04 Å². The van der Waals surface area contributed by atoms with Crippen molar-refractivity contribution in [3.8, 4) is 0 Å². The lowest BCUT2D eigenvalue weighted by molar-refractivity contribution is 0.0692. The largest absolute Gasteiger partial charge is 0.478 e. The maximum Gasteiger partial charge on any atom is 0.337 e. The minimum Gasteiger partial charge on any atom is -0.478 e. The molecule has 1 saturated carbocycles. The molecule has 0 aliphatic heterocycles. The third-order valence-corrected chi connectivity index (χ3v) is 5.55. The molecule has 0 heterocycles. The molecule has 1 aromatic rings. The number of carboxylic acids is 1. The maximum atomic E-state index is 13.4. The highest BCUT2D eigenvalue weighted by Crippen LogP contribution is 2.33. The van der Waals surface area contributed by atoms with Crippen molar-refractivity contribution >= 4 is 16.0 Å². The van der Waals surface area contributed by atoms with Crippen molar-refractivity contribution in [1.82, 2.24) is 4.31 Å². The van der Waals surface area contributed by atoms with E-state index in [1.54, 1.807) is 13.8 Å². The van der Waals surface area contributed by atoms with Crippen LogP contribution >= 0.6 is 0 Å². The predicted octanol–water partition coefficient (Wildman–Crippen LogP) is 2.33. The van der Waals surface area contributed by atoms with Crippen LogP contribution in [0, 0.1) is 11.7 Å². The quantitative estimate of drug-likeness (QED) is 0.874. The summed E-state index contributed by atoms with van der Waals surface area (Å²) in [6.45, 7) is 3.79. The summed E-state index contributed by atoms with van der Waals surface area (Å²) < 4.78 is 40.1. The first kappa shape index (κ1) is 15.9. The molecule has 0 bridgehead atoms. The molecule has 7 heteroatoms. The molecule has 1 aliphatic carbocycles. The second kappa shape index (κ2) is 5.73. The number of carboxylic acid groups (broad SMARTS) is 1. The van der Waals surface area contributed by atoms with Crippen LogP contribution in [-0.2, 0) is 10.0 Å². The van der Waals surface area contributed by atoms with E-state index in [9.17, 15) is 17.6 Å². The third kappa shape index (κ3) is 3.41.